The standard InChI is InChI=1S/C51H56N10O6S/c1-27(29-10-12-30(13-11-29)42-28(2)54-26-68-42)55-47(66)40-16-34(62)24-61(40)48(67)43(50(3,4)5)56-45(64)32-20-51(21-32)18-31(19-51)33-22-52-49(53-23-33)60-15-14-35-37-17-39(36-8-6-7-9-41(36)63)58-59-44(37)57-46(65)38(35)25-60/h6-13,17,22-23,26-27,31-32,34,40,43,62-63H,14-16,18-21,24-25H2,1-5H3,(H,55,66)(H,56,64)(H,57,59,65)/t27-,31-,32-,34+,40-,43+,51?/m0/s1. The molecule has 352 valence electrons. The molecule has 16 nitrogen and oxygen atoms in total. The number of benzene rings is 2. The van der Waals surface area contributed by atoms with Crippen molar-refractivity contribution in [3.05, 3.63) is 111 Å². The van der Waals surface area contributed by atoms with Crippen LogP contribution in [0.4, 0.5) is 5.95 Å². The molecule has 2 aromatic carbocycles. The number of fused-ring (bicyclic) bond motifs is 3. The van der Waals surface area contributed by atoms with E-state index in [1.807, 2.05) is 93.8 Å². The molecule has 1 spiro atoms. The molecule has 0 radical (unpaired) electrons. The number of nitrogens with one attached hydrogen (secondary N) is 3. The molecule has 68 heavy (non-hydrogen) atoms. The van der Waals surface area contributed by atoms with Gasteiger partial charge in [0.15, 0.2) is 5.65 Å². The second kappa shape index (κ2) is 17.5. The van der Waals surface area contributed by atoms with Crippen molar-refractivity contribution >= 4 is 46.0 Å². The number of carbonyl (C=O) groups is 3. The molecule has 0 bridgehead atoms. The van der Waals surface area contributed by atoms with Crippen LogP contribution in [0.15, 0.2) is 77.3 Å². The van der Waals surface area contributed by atoms with Crippen LogP contribution in [0.2, 0.25) is 0 Å². The molecule has 2 aliphatic heterocycles. The van der Waals surface area contributed by atoms with E-state index in [9.17, 15) is 29.4 Å². The molecule has 4 aliphatic rings. The van der Waals surface area contributed by atoms with E-state index in [4.69, 9.17) is 9.97 Å². The van der Waals surface area contributed by atoms with Crippen LogP contribution in [-0.4, -0.2) is 94.2 Å². The van der Waals surface area contributed by atoms with E-state index in [0.717, 1.165) is 63.9 Å². The number of carbonyl (C=O) groups excluding carboxylic acids is 3. The minimum atomic E-state index is -0.889. The van der Waals surface area contributed by atoms with Gasteiger partial charge in [-0.05, 0) is 103 Å². The molecular weight excluding hydrogens is 881 g/mol. The predicted molar refractivity (Wildman–Crippen MR) is 258 cm³/mol. The molecule has 6 heterocycles. The molecule has 5 N–H and O–H groups in total. The number of anilines is 1. The van der Waals surface area contributed by atoms with Gasteiger partial charge in [-0.25, -0.2) is 15.0 Å². The van der Waals surface area contributed by atoms with Crippen LogP contribution < -0.4 is 21.1 Å². The topological polar surface area (TPSA) is 220 Å². The molecule has 6 aromatic rings. The number of aryl methyl sites for hydroxylation is 1. The molecule has 1 saturated heterocycles. The first-order valence-electron chi connectivity index (χ1n) is 23.4. The highest BCUT2D eigenvalue weighted by atomic mass is 32.1. The summed E-state index contributed by atoms with van der Waals surface area (Å²) in [7, 11) is 0. The van der Waals surface area contributed by atoms with Gasteiger partial charge in [-0.3, -0.25) is 19.2 Å². The molecule has 0 unspecified atom stereocenters. The zero-order valence-electron chi connectivity index (χ0n) is 38.8. The van der Waals surface area contributed by atoms with Crippen LogP contribution >= 0.6 is 11.3 Å². The molecule has 2 aliphatic carbocycles. The van der Waals surface area contributed by atoms with E-state index in [0.29, 0.717) is 47.9 Å². The average molecular weight is 937 g/mol. The molecule has 4 atom stereocenters. The second-order valence-corrected chi connectivity index (χ2v) is 21.3. The van der Waals surface area contributed by atoms with Crippen molar-refractivity contribution in [3.8, 4) is 27.4 Å². The summed E-state index contributed by atoms with van der Waals surface area (Å²) in [5.74, 6) is -0.178. The van der Waals surface area contributed by atoms with E-state index in [2.05, 4.69) is 30.8 Å². The summed E-state index contributed by atoms with van der Waals surface area (Å²) in [5.41, 5.74) is 8.01. The second-order valence-electron chi connectivity index (χ2n) is 20.4. The van der Waals surface area contributed by atoms with E-state index < -0.39 is 23.6 Å². The number of pyridine rings is 1. The Bertz CT molecular complexity index is 2970. The Morgan fingerprint density at radius 3 is 2.37 bits per heavy atom. The number of aromatic nitrogens is 6. The number of aliphatic hydroxyl groups is 1. The smallest absolute Gasteiger partial charge is 0.254 e. The van der Waals surface area contributed by atoms with E-state index in [-0.39, 0.29) is 65.3 Å². The lowest BCUT2D eigenvalue weighted by atomic mass is 9.47. The van der Waals surface area contributed by atoms with Gasteiger partial charge in [0.1, 0.15) is 17.8 Å². The largest absolute Gasteiger partial charge is 0.507 e. The molecule has 2 saturated carbocycles. The fraction of sp³-hybridized carbons (Fsp3) is 0.431. The number of aromatic hydroxyl groups is 1. The molecule has 4 aromatic heterocycles. The zero-order chi connectivity index (χ0) is 47.6. The monoisotopic (exact) mass is 936 g/mol. The summed E-state index contributed by atoms with van der Waals surface area (Å²) >= 11 is 1.58. The van der Waals surface area contributed by atoms with E-state index in [1.165, 1.54) is 4.90 Å². The van der Waals surface area contributed by atoms with Crippen molar-refractivity contribution in [3.63, 3.8) is 0 Å². The van der Waals surface area contributed by atoms with Gasteiger partial charge in [0.05, 0.1) is 40.5 Å². The minimum Gasteiger partial charge on any atom is -0.507 e. The third kappa shape index (κ3) is 8.50. The maximum atomic E-state index is 14.3. The average Bonchev–Trinajstić information content (AvgIpc) is 3.92. The summed E-state index contributed by atoms with van der Waals surface area (Å²) in [6, 6.07) is 14.7. The number of rotatable bonds is 10. The Labute approximate surface area is 397 Å². The zero-order valence-corrected chi connectivity index (χ0v) is 39.6. The lowest BCUT2D eigenvalue weighted by molar-refractivity contribution is -0.148. The van der Waals surface area contributed by atoms with Gasteiger partial charge < -0.3 is 35.6 Å². The first-order valence-corrected chi connectivity index (χ1v) is 24.3. The fourth-order valence-corrected chi connectivity index (χ4v) is 11.7. The van der Waals surface area contributed by atoms with Gasteiger partial charge in [-0.15, -0.1) is 21.5 Å². The number of H-pyrrole nitrogens is 1. The van der Waals surface area contributed by atoms with Crippen molar-refractivity contribution in [2.24, 2.45) is 16.7 Å². The highest BCUT2D eigenvalue weighted by molar-refractivity contribution is 7.13. The third-order valence-electron chi connectivity index (χ3n) is 14.7. The number of amides is 3. The van der Waals surface area contributed by atoms with Crippen LogP contribution in [0.5, 0.6) is 5.75 Å². The first kappa shape index (κ1) is 45.2. The maximum Gasteiger partial charge on any atom is 0.254 e. The molecule has 3 fully saturated rings. The number of thiazole rings is 1. The number of phenolic OH excluding ortho intramolecular Hbond substituents is 1. The Balaban J connectivity index is 0.731. The van der Waals surface area contributed by atoms with Gasteiger partial charge >= 0.3 is 0 Å². The maximum absolute atomic E-state index is 14.3. The van der Waals surface area contributed by atoms with Crippen LogP contribution in [0.1, 0.15) is 99.7 Å². The summed E-state index contributed by atoms with van der Waals surface area (Å²) < 4.78 is 0. The lowest BCUT2D eigenvalue weighted by Gasteiger charge is -2.57. The van der Waals surface area contributed by atoms with E-state index >= 15 is 0 Å². The molecular formula is C51H56N10O6S. The van der Waals surface area contributed by atoms with Gasteiger partial charge in [0, 0.05) is 54.3 Å². The van der Waals surface area contributed by atoms with E-state index in [1.54, 1.807) is 29.5 Å². The molecule has 10 rings (SSSR count). The van der Waals surface area contributed by atoms with Crippen molar-refractivity contribution in [2.75, 3.05) is 18.0 Å². The number of aromatic amines is 1. The summed E-state index contributed by atoms with van der Waals surface area (Å²) in [6.45, 7) is 10.5. The summed E-state index contributed by atoms with van der Waals surface area (Å²) in [4.78, 5) is 76.5. The van der Waals surface area contributed by atoms with Crippen molar-refractivity contribution in [2.45, 2.75) is 110 Å². The van der Waals surface area contributed by atoms with Gasteiger partial charge in [-0.2, -0.15) is 0 Å². The number of para-hydroxylation sites is 1. The Kier molecular flexibility index (Phi) is 11.6. The number of nitrogens with zero attached hydrogens (tertiary/aromatic N) is 7. The predicted octanol–water partition coefficient (Wildman–Crippen LogP) is 6.12. The lowest BCUT2D eigenvalue weighted by Crippen LogP contribution is -2.60. The first-order chi connectivity index (χ1) is 32.5. The number of aliphatic hydroxyl groups excluding tert-OH is 1. The normalized spacial score (nSPS) is 23.1. The number of hydrogen-bond donors (Lipinski definition) is 5. The van der Waals surface area contributed by atoms with Crippen LogP contribution in [0.25, 0.3) is 32.7 Å². The molecule has 17 heteroatoms. The molecule has 3 amide bonds. The SMILES string of the molecule is Cc1ncsc1-c1ccc([C@H](C)NC(=O)[C@@H]2C[C@@H](O)CN2C(=O)[C@@H](NC(=O)[C@H]2CC3(C2)C[C@H](c2cnc(N4CCc5c(c(=O)[nH]c6nnc(-c7ccccc7O)cc56)C4)nc2)C3)C(C)(C)C)cc1. The summed E-state index contributed by atoms with van der Waals surface area (Å²) in [6.07, 6.45) is 6.89. The van der Waals surface area contributed by atoms with Crippen molar-refractivity contribution in [1.29, 1.82) is 0 Å². The number of likely N-dealkylation sites (tertiary alicyclic amines) is 1. The van der Waals surface area contributed by atoms with Crippen molar-refractivity contribution in [1.82, 2.24) is 45.7 Å². The number of phenols is 1. The van der Waals surface area contributed by atoms with Gasteiger partial charge in [0.25, 0.3) is 5.56 Å². The highest BCUT2D eigenvalue weighted by Crippen LogP contribution is 2.64. The third-order valence-corrected chi connectivity index (χ3v) is 15.7. The highest BCUT2D eigenvalue weighted by Gasteiger charge is 2.56. The van der Waals surface area contributed by atoms with Crippen LogP contribution in [0, 0.1) is 23.7 Å². The Hall–Kier alpha value is -6.59. The quantitative estimate of drug-likeness (QED) is 0.105. The number of β-amino-alcohol motifs (C(OH)–C–C–N with tert-alkyl or cyclic N) is 1. The minimum absolute atomic E-state index is 0.0120. The number of hydrogen-bond acceptors (Lipinski definition) is 13. The van der Waals surface area contributed by atoms with Gasteiger partial charge in [-0.1, -0.05) is 57.2 Å². The Morgan fingerprint density at radius 2 is 1.68 bits per heavy atom. The van der Waals surface area contributed by atoms with Crippen LogP contribution in [-0.2, 0) is 27.3 Å². The van der Waals surface area contributed by atoms with Crippen molar-refractivity contribution < 1.29 is 24.6 Å². The van der Waals surface area contributed by atoms with Gasteiger partial charge in [0.2, 0.25) is 23.7 Å². The summed E-state index contributed by atoms with van der Waals surface area (Å²) in [5, 5.41) is 36.6. The fourth-order valence-electron chi connectivity index (χ4n) is 10.9. The van der Waals surface area contributed by atoms with Crippen LogP contribution in [0.3, 0.4) is 0 Å². The Morgan fingerprint density at radius 1 is 0.941 bits per heavy atom.